The Morgan fingerprint density at radius 3 is 2.52 bits per heavy atom. The van der Waals surface area contributed by atoms with Gasteiger partial charge in [0.2, 0.25) is 0 Å². The minimum Gasteiger partial charge on any atom is -0.399 e. The third-order valence-electron chi connectivity index (χ3n) is 4.71. The molecule has 3 rings (SSSR count). The highest BCUT2D eigenvalue weighted by atomic mass is 16.2. The maximum Gasteiger partial charge on any atom is 0.274 e. The van der Waals surface area contributed by atoms with Crippen LogP contribution in [0.1, 0.15) is 67.8 Å². The van der Waals surface area contributed by atoms with Crippen molar-refractivity contribution in [3.8, 4) is 0 Å². The summed E-state index contributed by atoms with van der Waals surface area (Å²) in [6.07, 6.45) is 0.859. The van der Waals surface area contributed by atoms with Gasteiger partial charge in [-0.2, -0.15) is 5.10 Å². The van der Waals surface area contributed by atoms with E-state index in [9.17, 15) is 4.79 Å². The average molecular weight is 340 g/mol. The maximum absolute atomic E-state index is 13.0. The van der Waals surface area contributed by atoms with Gasteiger partial charge in [0.1, 0.15) is 0 Å². The van der Waals surface area contributed by atoms with Gasteiger partial charge < -0.3 is 10.6 Å². The van der Waals surface area contributed by atoms with E-state index < -0.39 is 0 Å². The number of benzene rings is 1. The molecule has 2 aromatic rings. The normalized spacial score (nSPS) is 14.7. The van der Waals surface area contributed by atoms with E-state index >= 15 is 0 Å². The van der Waals surface area contributed by atoms with Crippen LogP contribution in [0.25, 0.3) is 0 Å². The van der Waals surface area contributed by atoms with Gasteiger partial charge in [0.05, 0.1) is 5.54 Å². The highest BCUT2D eigenvalue weighted by Crippen LogP contribution is 2.26. The average Bonchev–Trinajstić information content (AvgIpc) is 2.99. The van der Waals surface area contributed by atoms with Crippen molar-refractivity contribution in [2.24, 2.45) is 0 Å². The SMILES string of the molecule is CC(C)c1cc(C(=O)N2CCc3ccc(N)cc3C2)nn1C(C)(C)C. The number of hydrogen-bond donors (Lipinski definition) is 1. The molecule has 5 heteroatoms. The Hall–Kier alpha value is -2.30. The second kappa shape index (κ2) is 6.21. The zero-order valence-electron chi connectivity index (χ0n) is 15.8. The monoisotopic (exact) mass is 340 g/mol. The molecule has 0 spiro atoms. The molecule has 0 radical (unpaired) electrons. The first kappa shape index (κ1) is 17.5. The molecular formula is C20H28N4O. The van der Waals surface area contributed by atoms with Gasteiger partial charge in [0, 0.05) is 24.5 Å². The number of aromatic nitrogens is 2. The lowest BCUT2D eigenvalue weighted by molar-refractivity contribution is 0.0727. The van der Waals surface area contributed by atoms with Gasteiger partial charge in [-0.25, -0.2) is 0 Å². The molecule has 1 aromatic heterocycles. The Labute approximate surface area is 149 Å². The number of nitrogens with two attached hydrogens (primary N) is 1. The maximum atomic E-state index is 13.0. The Morgan fingerprint density at radius 1 is 1.20 bits per heavy atom. The predicted octanol–water partition coefficient (Wildman–Crippen LogP) is 3.54. The molecule has 0 saturated heterocycles. The number of nitrogens with zero attached hydrogens (tertiary/aromatic N) is 3. The number of rotatable bonds is 2. The topological polar surface area (TPSA) is 64.2 Å². The summed E-state index contributed by atoms with van der Waals surface area (Å²) in [4.78, 5) is 14.9. The van der Waals surface area contributed by atoms with E-state index in [-0.39, 0.29) is 11.4 Å². The second-order valence-electron chi connectivity index (χ2n) is 8.20. The van der Waals surface area contributed by atoms with Crippen LogP contribution >= 0.6 is 0 Å². The van der Waals surface area contributed by atoms with Crippen molar-refractivity contribution in [1.29, 1.82) is 0 Å². The summed E-state index contributed by atoms with van der Waals surface area (Å²) < 4.78 is 1.99. The van der Waals surface area contributed by atoms with Crippen LogP contribution in [0.15, 0.2) is 24.3 Å². The van der Waals surface area contributed by atoms with Gasteiger partial charge in [0.25, 0.3) is 5.91 Å². The van der Waals surface area contributed by atoms with Gasteiger partial charge in [-0.1, -0.05) is 19.9 Å². The largest absolute Gasteiger partial charge is 0.399 e. The van der Waals surface area contributed by atoms with Crippen molar-refractivity contribution < 1.29 is 4.79 Å². The van der Waals surface area contributed by atoms with Gasteiger partial charge in [-0.3, -0.25) is 9.48 Å². The first-order valence-corrected chi connectivity index (χ1v) is 8.94. The lowest BCUT2D eigenvalue weighted by Crippen LogP contribution is -2.36. The molecule has 0 bridgehead atoms. The molecule has 1 amide bonds. The minimum atomic E-state index is -0.152. The summed E-state index contributed by atoms with van der Waals surface area (Å²) in [6, 6.07) is 7.92. The van der Waals surface area contributed by atoms with Crippen LogP contribution in [0.3, 0.4) is 0 Å². The van der Waals surface area contributed by atoms with Crippen LogP contribution in [0, 0.1) is 0 Å². The van der Waals surface area contributed by atoms with Crippen LogP contribution in [0.2, 0.25) is 0 Å². The fourth-order valence-electron chi connectivity index (χ4n) is 3.36. The zero-order chi connectivity index (χ0) is 18.4. The molecule has 0 unspecified atom stereocenters. The molecule has 25 heavy (non-hydrogen) atoms. The number of fused-ring (bicyclic) bond motifs is 1. The fraction of sp³-hybridized carbons (Fsp3) is 0.500. The predicted molar refractivity (Wildman–Crippen MR) is 101 cm³/mol. The molecule has 0 fully saturated rings. The summed E-state index contributed by atoms with van der Waals surface area (Å²) >= 11 is 0. The summed E-state index contributed by atoms with van der Waals surface area (Å²) in [6.45, 7) is 11.9. The Morgan fingerprint density at radius 2 is 1.92 bits per heavy atom. The lowest BCUT2D eigenvalue weighted by atomic mass is 9.99. The van der Waals surface area contributed by atoms with Crippen LogP contribution in [0.5, 0.6) is 0 Å². The minimum absolute atomic E-state index is 0.00188. The first-order chi connectivity index (χ1) is 11.7. The van der Waals surface area contributed by atoms with Crippen LogP contribution < -0.4 is 5.73 Å². The molecular weight excluding hydrogens is 312 g/mol. The quantitative estimate of drug-likeness (QED) is 0.851. The van der Waals surface area contributed by atoms with Crippen molar-refractivity contribution in [3.63, 3.8) is 0 Å². The first-order valence-electron chi connectivity index (χ1n) is 8.94. The molecule has 1 aromatic carbocycles. The van der Waals surface area contributed by atoms with E-state index in [0.717, 1.165) is 29.9 Å². The molecule has 5 nitrogen and oxygen atoms in total. The van der Waals surface area contributed by atoms with E-state index in [1.807, 2.05) is 27.8 Å². The van der Waals surface area contributed by atoms with Gasteiger partial charge >= 0.3 is 0 Å². The van der Waals surface area contributed by atoms with E-state index in [0.29, 0.717) is 18.2 Å². The van der Waals surface area contributed by atoms with Crippen LogP contribution in [0.4, 0.5) is 5.69 Å². The molecule has 1 aliphatic heterocycles. The van der Waals surface area contributed by atoms with E-state index in [1.165, 1.54) is 5.56 Å². The Kier molecular flexibility index (Phi) is 4.35. The summed E-state index contributed by atoms with van der Waals surface area (Å²) in [5.41, 5.74) is 10.5. The molecule has 0 atom stereocenters. The van der Waals surface area contributed by atoms with Gasteiger partial charge in [-0.15, -0.1) is 0 Å². The zero-order valence-corrected chi connectivity index (χ0v) is 15.8. The van der Waals surface area contributed by atoms with E-state index in [4.69, 9.17) is 5.73 Å². The third-order valence-corrected chi connectivity index (χ3v) is 4.71. The number of carbonyl (C=O) groups is 1. The van der Waals surface area contributed by atoms with Crippen molar-refractivity contribution in [3.05, 3.63) is 46.8 Å². The van der Waals surface area contributed by atoms with Crippen molar-refractivity contribution >= 4 is 11.6 Å². The summed E-state index contributed by atoms with van der Waals surface area (Å²) in [5.74, 6) is 0.313. The van der Waals surface area contributed by atoms with E-state index in [1.54, 1.807) is 0 Å². The highest BCUT2D eigenvalue weighted by molar-refractivity contribution is 5.92. The lowest BCUT2D eigenvalue weighted by Gasteiger charge is -2.28. The summed E-state index contributed by atoms with van der Waals surface area (Å²) in [7, 11) is 0. The molecule has 0 aliphatic carbocycles. The number of amides is 1. The third kappa shape index (κ3) is 3.41. The number of nitrogen functional groups attached to an aromatic ring is 1. The molecule has 134 valence electrons. The molecule has 2 heterocycles. The second-order valence-corrected chi connectivity index (χ2v) is 8.20. The van der Waals surface area contributed by atoms with E-state index in [2.05, 4.69) is 45.8 Å². The number of hydrogen-bond acceptors (Lipinski definition) is 3. The van der Waals surface area contributed by atoms with Crippen molar-refractivity contribution in [2.75, 3.05) is 12.3 Å². The molecule has 0 saturated carbocycles. The fourth-order valence-corrected chi connectivity index (χ4v) is 3.36. The standard InChI is InChI=1S/C20H28N4O/c1-13(2)18-11-17(22-24(18)20(3,4)5)19(25)23-9-8-14-6-7-16(21)10-15(14)12-23/h6-7,10-11,13H,8-9,12,21H2,1-5H3. The van der Waals surface area contributed by atoms with Crippen LogP contribution in [-0.2, 0) is 18.5 Å². The smallest absolute Gasteiger partial charge is 0.274 e. The van der Waals surface area contributed by atoms with Crippen LogP contribution in [-0.4, -0.2) is 27.1 Å². The summed E-state index contributed by atoms with van der Waals surface area (Å²) in [5, 5.41) is 4.65. The van der Waals surface area contributed by atoms with Crippen molar-refractivity contribution in [1.82, 2.24) is 14.7 Å². The Balaban J connectivity index is 1.89. The van der Waals surface area contributed by atoms with Crippen molar-refractivity contribution in [2.45, 2.75) is 59.0 Å². The molecule has 1 aliphatic rings. The van der Waals surface area contributed by atoms with Gasteiger partial charge in [-0.05, 0) is 62.4 Å². The highest BCUT2D eigenvalue weighted by Gasteiger charge is 2.27. The number of carbonyl (C=O) groups excluding carboxylic acids is 1. The number of anilines is 1. The van der Waals surface area contributed by atoms with Gasteiger partial charge in [0.15, 0.2) is 5.69 Å². The molecule has 2 N–H and O–H groups in total. The Bertz CT molecular complexity index is 799.